The van der Waals surface area contributed by atoms with E-state index >= 15 is 0 Å². The summed E-state index contributed by atoms with van der Waals surface area (Å²) in [7, 11) is 5.21. The van der Waals surface area contributed by atoms with Crippen molar-refractivity contribution in [2.75, 3.05) is 11.9 Å². The second kappa shape index (κ2) is 4.86. The van der Waals surface area contributed by atoms with Gasteiger partial charge in [-0.3, -0.25) is 19.4 Å². The first-order valence-electron chi connectivity index (χ1n) is 6.76. The van der Waals surface area contributed by atoms with Crippen LogP contribution in [-0.4, -0.2) is 36.3 Å². The Labute approximate surface area is 125 Å². The van der Waals surface area contributed by atoms with Crippen molar-refractivity contribution < 1.29 is 0 Å². The summed E-state index contributed by atoms with van der Waals surface area (Å²) in [5.41, 5.74) is 1.84. The second-order valence-corrected chi connectivity index (χ2v) is 5.34. The molecule has 0 saturated heterocycles. The van der Waals surface area contributed by atoms with Gasteiger partial charge in [-0.15, -0.1) is 0 Å². The van der Waals surface area contributed by atoms with Crippen molar-refractivity contribution in [3.63, 3.8) is 0 Å². The van der Waals surface area contributed by atoms with E-state index in [1.54, 1.807) is 24.9 Å². The lowest BCUT2D eigenvalue weighted by molar-refractivity contribution is 0.813. The fourth-order valence-corrected chi connectivity index (χ4v) is 2.50. The summed E-state index contributed by atoms with van der Waals surface area (Å²) in [5, 5.41) is 6.88. The van der Waals surface area contributed by atoms with Gasteiger partial charge in [0.05, 0.1) is 6.20 Å². The van der Waals surface area contributed by atoms with Crippen molar-refractivity contribution in [3.05, 3.63) is 38.3 Å². The summed E-state index contributed by atoms with van der Waals surface area (Å²) in [5.74, 6) is 0.599. The number of anilines is 1. The van der Waals surface area contributed by atoms with Gasteiger partial charge >= 0.3 is 5.69 Å². The molecular formula is C13H17N7O2. The van der Waals surface area contributed by atoms with Gasteiger partial charge in [0, 0.05) is 38.9 Å². The van der Waals surface area contributed by atoms with Crippen LogP contribution in [-0.2, 0) is 20.6 Å². The summed E-state index contributed by atoms with van der Waals surface area (Å²) in [6, 6.07) is 0. The molecule has 116 valence electrons. The summed E-state index contributed by atoms with van der Waals surface area (Å²) < 4.78 is 3.01. The number of imidazole rings is 1. The molecular weight excluding hydrogens is 286 g/mol. The van der Waals surface area contributed by atoms with Gasteiger partial charge in [0.25, 0.3) is 5.56 Å². The number of H-pyrrole nitrogens is 2. The molecule has 0 atom stereocenters. The molecule has 2 N–H and O–H groups in total. The molecule has 0 aromatic carbocycles. The van der Waals surface area contributed by atoms with Crippen molar-refractivity contribution in [2.24, 2.45) is 14.1 Å². The van der Waals surface area contributed by atoms with Crippen LogP contribution in [0.1, 0.15) is 11.3 Å². The van der Waals surface area contributed by atoms with Crippen LogP contribution in [0.3, 0.4) is 0 Å². The van der Waals surface area contributed by atoms with E-state index in [-0.39, 0.29) is 0 Å². The van der Waals surface area contributed by atoms with Crippen LogP contribution in [0, 0.1) is 6.92 Å². The van der Waals surface area contributed by atoms with Crippen molar-refractivity contribution in [2.45, 2.75) is 13.5 Å². The molecule has 0 aliphatic rings. The number of aryl methyl sites for hydroxylation is 3. The van der Waals surface area contributed by atoms with Crippen molar-refractivity contribution in [3.8, 4) is 0 Å². The van der Waals surface area contributed by atoms with Crippen LogP contribution in [0.5, 0.6) is 0 Å². The zero-order valence-corrected chi connectivity index (χ0v) is 12.8. The first-order valence-corrected chi connectivity index (χ1v) is 6.76. The molecule has 3 heterocycles. The number of hydrogen-bond donors (Lipinski definition) is 2. The second-order valence-electron chi connectivity index (χ2n) is 5.34. The zero-order valence-electron chi connectivity index (χ0n) is 12.8. The lowest BCUT2D eigenvalue weighted by Gasteiger charge is -2.17. The quantitative estimate of drug-likeness (QED) is 0.687. The fraction of sp³-hybridized carbons (Fsp3) is 0.385. The van der Waals surface area contributed by atoms with Gasteiger partial charge in [0.15, 0.2) is 11.2 Å². The molecule has 3 rings (SSSR count). The first kappa shape index (κ1) is 14.1. The number of nitrogens with one attached hydrogen (secondary N) is 2. The molecule has 0 amide bonds. The molecule has 0 aliphatic heterocycles. The molecule has 0 spiro atoms. The van der Waals surface area contributed by atoms with E-state index in [2.05, 4.69) is 20.2 Å². The lowest BCUT2D eigenvalue weighted by Crippen LogP contribution is -2.29. The van der Waals surface area contributed by atoms with E-state index in [4.69, 9.17) is 0 Å². The van der Waals surface area contributed by atoms with E-state index in [0.717, 1.165) is 11.3 Å². The highest BCUT2D eigenvalue weighted by Gasteiger charge is 2.18. The van der Waals surface area contributed by atoms with Crippen LogP contribution >= 0.6 is 0 Å². The molecule has 9 heteroatoms. The van der Waals surface area contributed by atoms with Crippen LogP contribution in [0.15, 0.2) is 15.8 Å². The molecule has 9 nitrogen and oxygen atoms in total. The Kier molecular flexibility index (Phi) is 3.12. The Hall–Kier alpha value is -2.84. The van der Waals surface area contributed by atoms with Crippen molar-refractivity contribution >= 4 is 17.1 Å². The van der Waals surface area contributed by atoms with E-state index in [9.17, 15) is 9.59 Å². The van der Waals surface area contributed by atoms with Gasteiger partial charge < -0.3 is 9.47 Å². The monoisotopic (exact) mass is 303 g/mol. The van der Waals surface area contributed by atoms with E-state index in [0.29, 0.717) is 23.7 Å². The van der Waals surface area contributed by atoms with Crippen molar-refractivity contribution in [1.29, 1.82) is 0 Å². The molecule has 0 aliphatic carbocycles. The number of rotatable bonds is 3. The predicted octanol–water partition coefficient (Wildman–Crippen LogP) is -0.372. The lowest BCUT2D eigenvalue weighted by atomic mass is 10.2. The zero-order chi connectivity index (χ0) is 16.0. The van der Waals surface area contributed by atoms with E-state index in [1.807, 2.05) is 18.9 Å². The number of hydrogen-bond acceptors (Lipinski definition) is 5. The van der Waals surface area contributed by atoms with Gasteiger partial charge in [-0.05, 0) is 6.92 Å². The molecule has 3 aromatic rings. The van der Waals surface area contributed by atoms with Gasteiger partial charge in [0.1, 0.15) is 0 Å². The Balaban J connectivity index is 2.12. The third-order valence-electron chi connectivity index (χ3n) is 3.79. The maximum atomic E-state index is 12.0. The molecule has 3 aromatic heterocycles. The summed E-state index contributed by atoms with van der Waals surface area (Å²) in [6.07, 6.45) is 1.76. The predicted molar refractivity (Wildman–Crippen MR) is 82.0 cm³/mol. The summed E-state index contributed by atoms with van der Waals surface area (Å²) in [6.45, 7) is 2.53. The Morgan fingerprint density at radius 1 is 1.27 bits per heavy atom. The topological polar surface area (TPSA) is 105 Å². The third kappa shape index (κ3) is 2.01. The van der Waals surface area contributed by atoms with Crippen LogP contribution in [0.2, 0.25) is 0 Å². The minimum Gasteiger partial charge on any atom is -0.341 e. The summed E-state index contributed by atoms with van der Waals surface area (Å²) >= 11 is 0. The van der Waals surface area contributed by atoms with Crippen molar-refractivity contribution in [1.82, 2.24) is 29.3 Å². The minimum absolute atomic E-state index is 0.363. The SMILES string of the molecule is Cc1[nH]ncc1CN(C)c1nc2c(c(=O)[nH]c(=O)n2C)n1C. The standard InChI is InChI=1S/C13H17N7O2/c1-7-8(5-14-17-7)6-18(2)12-15-10-9(19(12)3)11(21)16-13(22)20(10)4/h5H,6H2,1-4H3,(H,14,17)(H,16,21,22). The number of aromatic amines is 2. The highest BCUT2D eigenvalue weighted by Crippen LogP contribution is 2.18. The molecule has 0 saturated carbocycles. The third-order valence-corrected chi connectivity index (χ3v) is 3.79. The van der Waals surface area contributed by atoms with Crippen LogP contribution in [0.25, 0.3) is 11.2 Å². The molecule has 22 heavy (non-hydrogen) atoms. The van der Waals surface area contributed by atoms with Gasteiger partial charge in [0.2, 0.25) is 5.95 Å². The van der Waals surface area contributed by atoms with E-state index in [1.165, 1.54) is 4.57 Å². The highest BCUT2D eigenvalue weighted by atomic mass is 16.2. The van der Waals surface area contributed by atoms with Crippen LogP contribution in [0.4, 0.5) is 5.95 Å². The molecule has 0 bridgehead atoms. The first-order chi connectivity index (χ1) is 10.4. The molecule has 0 unspecified atom stereocenters. The van der Waals surface area contributed by atoms with Gasteiger partial charge in [-0.25, -0.2) is 4.79 Å². The fourth-order valence-electron chi connectivity index (χ4n) is 2.50. The minimum atomic E-state index is -0.476. The normalized spacial score (nSPS) is 11.3. The Morgan fingerprint density at radius 2 is 2.00 bits per heavy atom. The average molecular weight is 303 g/mol. The van der Waals surface area contributed by atoms with Gasteiger partial charge in [-0.2, -0.15) is 10.1 Å². The highest BCUT2D eigenvalue weighted by molar-refractivity contribution is 5.74. The average Bonchev–Trinajstić information content (AvgIpc) is 3.01. The number of nitrogens with zero attached hydrogens (tertiary/aromatic N) is 5. The molecule has 0 radical (unpaired) electrons. The Bertz CT molecular complexity index is 959. The Morgan fingerprint density at radius 3 is 2.64 bits per heavy atom. The smallest absolute Gasteiger partial charge is 0.329 e. The largest absolute Gasteiger partial charge is 0.341 e. The number of aromatic nitrogens is 6. The number of fused-ring (bicyclic) bond motifs is 1. The maximum Gasteiger partial charge on any atom is 0.329 e. The maximum absolute atomic E-state index is 12.0. The summed E-state index contributed by atoms with van der Waals surface area (Å²) in [4.78, 5) is 32.3. The van der Waals surface area contributed by atoms with Crippen LogP contribution < -0.4 is 16.1 Å². The van der Waals surface area contributed by atoms with E-state index < -0.39 is 11.2 Å². The molecule has 0 fully saturated rings. The van der Waals surface area contributed by atoms with Gasteiger partial charge in [-0.1, -0.05) is 0 Å².